The Bertz CT molecular complexity index is 1480. The average Bonchev–Trinajstić information content (AvgIpc) is 3.32. The van der Waals surface area contributed by atoms with Crippen molar-refractivity contribution in [1.29, 1.82) is 0 Å². The van der Waals surface area contributed by atoms with Crippen LogP contribution in [0.25, 0.3) is 0 Å². The van der Waals surface area contributed by atoms with Crippen LogP contribution in [0.5, 0.6) is 23.0 Å². The maximum Gasteiger partial charge on any atom is 0.573 e. The topological polar surface area (TPSA) is 113 Å². The van der Waals surface area contributed by atoms with E-state index in [1.54, 1.807) is 30.3 Å². The Hall–Kier alpha value is -4.29. The summed E-state index contributed by atoms with van der Waals surface area (Å²) in [5, 5.41) is 3.47. The zero-order chi connectivity index (χ0) is 28.7. The number of aromatic nitrogens is 1. The highest BCUT2D eigenvalue weighted by atomic mass is 35.5. The number of thiazole rings is 1. The number of rotatable bonds is 11. The van der Waals surface area contributed by atoms with Gasteiger partial charge in [-0.15, -0.1) is 24.5 Å². The summed E-state index contributed by atoms with van der Waals surface area (Å²) < 4.78 is 51.9. The molecular formula is C27H21ClF3N3O5S. The smallest absolute Gasteiger partial charge is 0.484 e. The van der Waals surface area contributed by atoms with E-state index in [-0.39, 0.29) is 24.4 Å². The second kappa shape index (κ2) is 12.7. The molecule has 0 aliphatic rings. The second-order valence-electron chi connectivity index (χ2n) is 8.14. The molecule has 208 valence electrons. The minimum atomic E-state index is -4.81. The van der Waals surface area contributed by atoms with Gasteiger partial charge in [-0.2, -0.15) is 0 Å². The second-order valence-corrected chi connectivity index (χ2v) is 9.71. The lowest BCUT2D eigenvalue weighted by molar-refractivity contribution is -0.274. The molecule has 0 aliphatic heterocycles. The molecule has 0 radical (unpaired) electrons. The number of ether oxygens (including phenoxy) is 3. The van der Waals surface area contributed by atoms with Crippen LogP contribution in [0.2, 0.25) is 5.02 Å². The molecule has 0 saturated carbocycles. The highest BCUT2D eigenvalue weighted by Crippen LogP contribution is 2.34. The van der Waals surface area contributed by atoms with Gasteiger partial charge >= 0.3 is 6.36 Å². The standard InChI is InChI=1S/C27H21ClF3N3O5S/c28-20-7-4-8-21(38-17-5-2-1-3-6-17)19(20)13-22-25(26(32)36)34-24(40-22)14-33-23(35)15-37-16-9-11-18(12-10-16)39-27(29,30)31/h1-12H,13-15H2,(H2,32,36)(H,33,35). The molecule has 3 aromatic carbocycles. The van der Waals surface area contributed by atoms with Gasteiger partial charge in [0.2, 0.25) is 0 Å². The summed E-state index contributed by atoms with van der Waals surface area (Å²) in [5.41, 5.74) is 6.24. The van der Waals surface area contributed by atoms with Crippen molar-refractivity contribution in [3.63, 3.8) is 0 Å². The minimum Gasteiger partial charge on any atom is -0.484 e. The molecule has 2 amide bonds. The zero-order valence-corrected chi connectivity index (χ0v) is 22.1. The van der Waals surface area contributed by atoms with E-state index < -0.39 is 30.5 Å². The molecule has 0 atom stereocenters. The van der Waals surface area contributed by atoms with Gasteiger partial charge in [0.1, 0.15) is 33.7 Å². The third-order valence-electron chi connectivity index (χ3n) is 5.22. The van der Waals surface area contributed by atoms with E-state index in [1.165, 1.54) is 23.5 Å². The van der Waals surface area contributed by atoms with Crippen LogP contribution >= 0.6 is 22.9 Å². The first-order valence-electron chi connectivity index (χ1n) is 11.6. The number of carbonyl (C=O) groups is 2. The molecule has 8 nitrogen and oxygen atoms in total. The van der Waals surface area contributed by atoms with Crippen molar-refractivity contribution in [2.75, 3.05) is 6.61 Å². The summed E-state index contributed by atoms with van der Waals surface area (Å²) in [6, 6.07) is 19.0. The third-order valence-corrected chi connectivity index (χ3v) is 6.63. The number of hydrogen-bond donors (Lipinski definition) is 2. The van der Waals surface area contributed by atoms with Gasteiger partial charge in [-0.25, -0.2) is 4.98 Å². The van der Waals surface area contributed by atoms with Crippen molar-refractivity contribution in [2.24, 2.45) is 5.73 Å². The van der Waals surface area contributed by atoms with E-state index in [0.717, 1.165) is 12.1 Å². The van der Waals surface area contributed by atoms with Crippen molar-refractivity contribution in [1.82, 2.24) is 10.3 Å². The van der Waals surface area contributed by atoms with Gasteiger partial charge in [0.15, 0.2) is 6.61 Å². The lowest BCUT2D eigenvalue weighted by Crippen LogP contribution is -2.28. The third kappa shape index (κ3) is 8.10. The van der Waals surface area contributed by atoms with Crippen LogP contribution in [0.15, 0.2) is 72.8 Å². The van der Waals surface area contributed by atoms with Crippen molar-refractivity contribution < 1.29 is 37.0 Å². The van der Waals surface area contributed by atoms with E-state index in [1.807, 2.05) is 18.2 Å². The van der Waals surface area contributed by atoms with E-state index in [9.17, 15) is 22.8 Å². The quantitative estimate of drug-likeness (QED) is 0.225. The number of hydrogen-bond acceptors (Lipinski definition) is 7. The summed E-state index contributed by atoms with van der Waals surface area (Å²) in [6.45, 7) is -0.415. The Morgan fingerprint density at radius 2 is 1.65 bits per heavy atom. The fraction of sp³-hybridized carbons (Fsp3) is 0.148. The first-order valence-corrected chi connectivity index (χ1v) is 12.8. The van der Waals surface area contributed by atoms with Crippen LogP contribution in [0, 0.1) is 0 Å². The maximum atomic E-state index is 12.3. The van der Waals surface area contributed by atoms with Gasteiger partial charge in [-0.05, 0) is 48.5 Å². The monoisotopic (exact) mass is 591 g/mol. The van der Waals surface area contributed by atoms with E-state index >= 15 is 0 Å². The number of nitrogens with one attached hydrogen (secondary N) is 1. The molecule has 1 aromatic heterocycles. The zero-order valence-electron chi connectivity index (χ0n) is 20.5. The number of carbonyl (C=O) groups excluding carboxylic acids is 2. The van der Waals surface area contributed by atoms with E-state index in [2.05, 4.69) is 15.0 Å². The summed E-state index contributed by atoms with van der Waals surface area (Å²) >= 11 is 7.65. The molecule has 0 unspecified atom stereocenters. The molecule has 13 heteroatoms. The first-order chi connectivity index (χ1) is 19.1. The van der Waals surface area contributed by atoms with Gasteiger partial charge in [0.05, 0.1) is 6.54 Å². The lowest BCUT2D eigenvalue weighted by Gasteiger charge is -2.12. The minimum absolute atomic E-state index is 0.0125. The fourth-order valence-corrected chi connectivity index (χ4v) is 4.74. The normalized spacial score (nSPS) is 11.1. The Balaban J connectivity index is 1.39. The molecular weight excluding hydrogens is 571 g/mol. The highest BCUT2D eigenvalue weighted by molar-refractivity contribution is 7.12. The van der Waals surface area contributed by atoms with Gasteiger partial charge in [0.25, 0.3) is 11.8 Å². The number of primary amides is 1. The van der Waals surface area contributed by atoms with Crippen molar-refractivity contribution in [3.8, 4) is 23.0 Å². The fourth-order valence-electron chi connectivity index (χ4n) is 3.48. The Morgan fingerprint density at radius 3 is 2.33 bits per heavy atom. The molecule has 4 rings (SSSR count). The van der Waals surface area contributed by atoms with Gasteiger partial charge in [-0.1, -0.05) is 35.9 Å². The molecule has 0 saturated heterocycles. The van der Waals surface area contributed by atoms with Crippen molar-refractivity contribution >= 4 is 34.8 Å². The highest BCUT2D eigenvalue weighted by Gasteiger charge is 2.31. The predicted octanol–water partition coefficient (Wildman–Crippen LogP) is 5.87. The number of nitrogens with two attached hydrogens (primary N) is 1. The molecule has 1 heterocycles. The largest absolute Gasteiger partial charge is 0.573 e. The van der Waals surface area contributed by atoms with Crippen LogP contribution in [-0.4, -0.2) is 29.8 Å². The van der Waals surface area contributed by atoms with Crippen molar-refractivity contribution in [2.45, 2.75) is 19.3 Å². The number of benzene rings is 3. The number of para-hydroxylation sites is 1. The number of halogens is 4. The van der Waals surface area contributed by atoms with Crippen LogP contribution in [0.1, 0.15) is 25.9 Å². The molecule has 40 heavy (non-hydrogen) atoms. The molecule has 3 N–H and O–H groups in total. The summed E-state index contributed by atoms with van der Waals surface area (Å²) in [4.78, 5) is 29.2. The molecule has 0 spiro atoms. The predicted molar refractivity (Wildman–Crippen MR) is 142 cm³/mol. The van der Waals surface area contributed by atoms with Gasteiger partial charge < -0.3 is 25.3 Å². The number of amides is 2. The SMILES string of the molecule is NC(=O)c1nc(CNC(=O)COc2ccc(OC(F)(F)F)cc2)sc1Cc1c(Cl)cccc1Oc1ccccc1. The number of alkyl halides is 3. The summed E-state index contributed by atoms with van der Waals surface area (Å²) in [7, 11) is 0. The van der Waals surface area contributed by atoms with Crippen molar-refractivity contribution in [3.05, 3.63) is 99.0 Å². The lowest BCUT2D eigenvalue weighted by atomic mass is 10.1. The van der Waals surface area contributed by atoms with E-state index in [0.29, 0.717) is 32.0 Å². The van der Waals surface area contributed by atoms with Crippen LogP contribution in [0.4, 0.5) is 13.2 Å². The molecule has 4 aromatic rings. The average molecular weight is 592 g/mol. The van der Waals surface area contributed by atoms with Gasteiger partial charge in [0, 0.05) is 21.9 Å². The number of nitrogens with zero attached hydrogens (tertiary/aromatic N) is 1. The molecule has 0 bridgehead atoms. The summed E-state index contributed by atoms with van der Waals surface area (Å²) in [5.74, 6) is -0.371. The maximum absolute atomic E-state index is 12.3. The van der Waals surface area contributed by atoms with Crippen LogP contribution in [0.3, 0.4) is 0 Å². The van der Waals surface area contributed by atoms with E-state index in [4.69, 9.17) is 26.8 Å². The Kier molecular flexibility index (Phi) is 9.12. The van der Waals surface area contributed by atoms with Gasteiger partial charge in [-0.3, -0.25) is 9.59 Å². The Morgan fingerprint density at radius 1 is 0.950 bits per heavy atom. The summed E-state index contributed by atoms with van der Waals surface area (Å²) in [6.07, 6.45) is -4.60. The van der Waals surface area contributed by atoms with Crippen LogP contribution < -0.4 is 25.3 Å². The first kappa shape index (κ1) is 28.7. The molecule has 0 aliphatic carbocycles. The Labute approximate surface area is 235 Å². The molecule has 0 fully saturated rings. The van der Waals surface area contributed by atoms with Crippen LogP contribution in [-0.2, 0) is 17.8 Å².